The van der Waals surface area contributed by atoms with E-state index in [1.54, 1.807) is 6.08 Å². The van der Waals surface area contributed by atoms with E-state index in [2.05, 4.69) is 67.8 Å². The first-order valence-electron chi connectivity index (χ1n) is 27.0. The van der Waals surface area contributed by atoms with Gasteiger partial charge in [-0.15, -0.1) is 0 Å². The summed E-state index contributed by atoms with van der Waals surface area (Å²) in [5.74, 6) is -0.259. The van der Waals surface area contributed by atoms with Crippen LogP contribution in [0.5, 0.6) is 0 Å². The van der Waals surface area contributed by atoms with Crippen LogP contribution in [0.2, 0.25) is 0 Å². The third-order valence-electron chi connectivity index (χ3n) is 12.9. The summed E-state index contributed by atoms with van der Waals surface area (Å²) in [7, 11) is 0. The molecular formula is C55H97NO13. The second kappa shape index (κ2) is 41.2. The van der Waals surface area contributed by atoms with Gasteiger partial charge in [0.05, 0.1) is 32.0 Å². The molecular weight excluding hydrogens is 883 g/mol. The van der Waals surface area contributed by atoms with Gasteiger partial charge in [-0.25, -0.2) is 0 Å². The number of allylic oxidation sites excluding steroid dienone is 9. The third kappa shape index (κ3) is 27.9. The van der Waals surface area contributed by atoms with Crippen LogP contribution in [0.15, 0.2) is 60.8 Å². The molecule has 12 atom stereocenters. The highest BCUT2D eigenvalue weighted by atomic mass is 16.7. The number of aliphatic hydroxyl groups is 8. The topological polar surface area (TPSA) is 228 Å². The molecule has 0 aromatic carbocycles. The van der Waals surface area contributed by atoms with E-state index in [0.717, 1.165) is 51.4 Å². The molecule has 12 unspecified atom stereocenters. The fraction of sp³-hybridized carbons (Fsp3) is 0.800. The molecule has 0 spiro atoms. The maximum absolute atomic E-state index is 13.2. The molecule has 2 saturated heterocycles. The summed E-state index contributed by atoms with van der Waals surface area (Å²) < 4.78 is 22.6. The quantitative estimate of drug-likeness (QED) is 0.0211. The number of unbranched alkanes of at least 4 members (excludes halogenated alkanes) is 20. The van der Waals surface area contributed by atoms with Gasteiger partial charge < -0.3 is 65.1 Å². The summed E-state index contributed by atoms with van der Waals surface area (Å²) in [6.45, 7) is 2.61. The van der Waals surface area contributed by atoms with E-state index in [9.17, 15) is 45.6 Å². The minimum Gasteiger partial charge on any atom is -0.394 e. The molecule has 2 fully saturated rings. The Morgan fingerprint density at radius 1 is 0.536 bits per heavy atom. The molecule has 2 rings (SSSR count). The van der Waals surface area contributed by atoms with Crippen LogP contribution in [0.1, 0.15) is 187 Å². The van der Waals surface area contributed by atoms with Crippen LogP contribution in [0, 0.1) is 0 Å². The molecule has 0 saturated carbocycles. The first-order chi connectivity index (χ1) is 33.6. The van der Waals surface area contributed by atoms with Gasteiger partial charge in [-0.1, -0.05) is 171 Å². The van der Waals surface area contributed by atoms with E-state index in [4.69, 9.17) is 18.9 Å². The van der Waals surface area contributed by atoms with Gasteiger partial charge in [-0.2, -0.15) is 0 Å². The zero-order chi connectivity index (χ0) is 50.3. The number of carbonyl (C=O) groups excluding carboxylic acids is 1. The molecule has 14 heteroatoms. The van der Waals surface area contributed by atoms with E-state index in [0.29, 0.717) is 12.8 Å². The van der Waals surface area contributed by atoms with E-state index in [1.165, 1.54) is 103 Å². The molecule has 0 bridgehead atoms. The Morgan fingerprint density at radius 3 is 1.57 bits per heavy atom. The van der Waals surface area contributed by atoms with Crippen molar-refractivity contribution in [2.24, 2.45) is 0 Å². The number of nitrogens with one attached hydrogen (secondary N) is 1. The molecule has 9 N–H and O–H groups in total. The van der Waals surface area contributed by atoms with Crippen molar-refractivity contribution in [2.75, 3.05) is 19.8 Å². The van der Waals surface area contributed by atoms with Crippen LogP contribution in [0.4, 0.5) is 0 Å². The second-order valence-electron chi connectivity index (χ2n) is 19.0. The van der Waals surface area contributed by atoms with Gasteiger partial charge in [-0.3, -0.25) is 4.79 Å². The standard InChI is InChI=1S/C55H97NO13/c1-3-5-7-9-11-13-15-16-17-18-19-20-21-22-23-24-25-26-27-28-29-31-33-35-37-39-47(60)56-43(44(59)38-36-34-32-30-14-12-10-8-6-4-2)42-66-54-52(65)50(63)53(46(41-58)68-54)69-55-51(64)49(62)48(61)45(40-57)67-55/h6,8,14-16,18-19,30,36,38,43-46,48-55,57-59,61-65H,3-5,7,9-13,17,20-29,31-35,37,39-42H2,1-2H3,(H,56,60)/b8-6+,16-15-,19-18-,30-14+,38-36+. The Labute approximate surface area is 416 Å². The first kappa shape index (κ1) is 62.8. The van der Waals surface area contributed by atoms with E-state index < -0.39 is 86.8 Å². The molecule has 14 nitrogen and oxygen atoms in total. The highest BCUT2D eigenvalue weighted by Crippen LogP contribution is 2.30. The molecule has 0 radical (unpaired) electrons. The van der Waals surface area contributed by atoms with Crippen molar-refractivity contribution in [1.29, 1.82) is 0 Å². The Balaban J connectivity index is 1.73. The molecule has 0 aliphatic carbocycles. The monoisotopic (exact) mass is 980 g/mol. The fourth-order valence-corrected chi connectivity index (χ4v) is 8.54. The van der Waals surface area contributed by atoms with E-state index in [1.807, 2.05) is 6.08 Å². The van der Waals surface area contributed by atoms with Gasteiger partial charge in [0.15, 0.2) is 12.6 Å². The maximum Gasteiger partial charge on any atom is 0.220 e. The lowest BCUT2D eigenvalue weighted by Gasteiger charge is -2.46. The smallest absolute Gasteiger partial charge is 0.220 e. The number of aliphatic hydroxyl groups excluding tert-OH is 8. The highest BCUT2D eigenvalue weighted by molar-refractivity contribution is 5.76. The lowest BCUT2D eigenvalue weighted by Crippen LogP contribution is -2.65. The summed E-state index contributed by atoms with van der Waals surface area (Å²) in [4.78, 5) is 13.2. The number of hydrogen-bond acceptors (Lipinski definition) is 13. The minimum absolute atomic E-state index is 0.259. The molecule has 1 amide bonds. The van der Waals surface area contributed by atoms with Crippen LogP contribution in [-0.2, 0) is 23.7 Å². The van der Waals surface area contributed by atoms with Crippen LogP contribution >= 0.6 is 0 Å². The number of amides is 1. The van der Waals surface area contributed by atoms with Gasteiger partial charge >= 0.3 is 0 Å². The summed E-state index contributed by atoms with van der Waals surface area (Å²) in [6, 6.07) is -0.938. The van der Waals surface area contributed by atoms with Gasteiger partial charge in [0.1, 0.15) is 48.8 Å². The summed E-state index contributed by atoms with van der Waals surface area (Å²) in [5.41, 5.74) is 0. The van der Waals surface area contributed by atoms with Crippen LogP contribution in [-0.4, -0.2) is 140 Å². The number of carbonyl (C=O) groups is 1. The normalized spacial score (nSPS) is 26.6. The van der Waals surface area contributed by atoms with E-state index in [-0.39, 0.29) is 18.9 Å². The lowest BCUT2D eigenvalue weighted by atomic mass is 9.97. The van der Waals surface area contributed by atoms with Crippen molar-refractivity contribution < 1.29 is 64.6 Å². The first-order valence-corrected chi connectivity index (χ1v) is 27.0. The predicted molar refractivity (Wildman–Crippen MR) is 272 cm³/mol. The second-order valence-corrected chi connectivity index (χ2v) is 19.0. The summed E-state index contributed by atoms with van der Waals surface area (Å²) in [5, 5.41) is 86.6. The molecule has 0 aromatic rings. The zero-order valence-electron chi connectivity index (χ0n) is 42.5. The Kier molecular flexibility index (Phi) is 37.5. The van der Waals surface area contributed by atoms with Gasteiger partial charge in [-0.05, 0) is 70.6 Å². The van der Waals surface area contributed by atoms with Crippen molar-refractivity contribution in [1.82, 2.24) is 5.32 Å². The Bertz CT molecular complexity index is 1390. The van der Waals surface area contributed by atoms with Crippen molar-refractivity contribution in [3.63, 3.8) is 0 Å². The van der Waals surface area contributed by atoms with Crippen molar-refractivity contribution in [3.8, 4) is 0 Å². The molecule has 400 valence electrons. The zero-order valence-corrected chi connectivity index (χ0v) is 42.5. The van der Waals surface area contributed by atoms with Crippen molar-refractivity contribution in [3.05, 3.63) is 60.8 Å². The molecule has 69 heavy (non-hydrogen) atoms. The predicted octanol–water partition coefficient (Wildman–Crippen LogP) is 7.83. The largest absolute Gasteiger partial charge is 0.394 e. The summed E-state index contributed by atoms with van der Waals surface area (Å²) >= 11 is 0. The number of ether oxygens (including phenoxy) is 4. The SMILES string of the molecule is CC/C=C/CC/C=C/CC/C=C/C(O)C(COC1OC(CO)C(OC2OC(CO)C(O)C(O)C2O)C(O)C1O)NC(=O)CCCCCCCCCCCCCCC/C=C\C/C=C\CCCCCCC. The minimum atomic E-state index is -1.79. The Hall–Kier alpha value is -2.31. The molecule has 0 aromatic heterocycles. The average Bonchev–Trinajstić information content (AvgIpc) is 3.35. The fourth-order valence-electron chi connectivity index (χ4n) is 8.54. The van der Waals surface area contributed by atoms with Gasteiger partial charge in [0, 0.05) is 6.42 Å². The molecule has 2 aliphatic rings. The maximum atomic E-state index is 13.2. The van der Waals surface area contributed by atoms with Crippen molar-refractivity contribution >= 4 is 5.91 Å². The number of rotatable bonds is 41. The average molecular weight is 980 g/mol. The molecule has 2 heterocycles. The van der Waals surface area contributed by atoms with Crippen molar-refractivity contribution in [2.45, 2.75) is 261 Å². The van der Waals surface area contributed by atoms with E-state index >= 15 is 0 Å². The molecule has 2 aliphatic heterocycles. The van der Waals surface area contributed by atoms with Crippen LogP contribution in [0.3, 0.4) is 0 Å². The Morgan fingerprint density at radius 2 is 1.01 bits per heavy atom. The van der Waals surface area contributed by atoms with Crippen LogP contribution in [0.25, 0.3) is 0 Å². The summed E-state index contributed by atoms with van der Waals surface area (Å²) in [6.07, 6.45) is 34.3. The third-order valence-corrected chi connectivity index (χ3v) is 12.9. The van der Waals surface area contributed by atoms with Crippen LogP contribution < -0.4 is 5.32 Å². The highest BCUT2D eigenvalue weighted by Gasteiger charge is 2.51. The lowest BCUT2D eigenvalue weighted by molar-refractivity contribution is -0.359. The van der Waals surface area contributed by atoms with Gasteiger partial charge in [0.25, 0.3) is 0 Å². The van der Waals surface area contributed by atoms with Gasteiger partial charge in [0.2, 0.25) is 5.91 Å². The number of hydrogen-bond donors (Lipinski definition) is 9.